The number of halogens is 2. The van der Waals surface area contributed by atoms with E-state index in [-0.39, 0.29) is 0 Å². The Morgan fingerprint density at radius 1 is 1.11 bits per heavy atom. The van der Waals surface area contributed by atoms with Crippen LogP contribution in [0.2, 0.25) is 10.0 Å². The molecule has 0 saturated heterocycles. The summed E-state index contributed by atoms with van der Waals surface area (Å²) in [6.45, 7) is 1.99. The summed E-state index contributed by atoms with van der Waals surface area (Å²) >= 11 is 12.3. The van der Waals surface area contributed by atoms with Crippen LogP contribution in [0.4, 0.5) is 5.69 Å². The van der Waals surface area contributed by atoms with E-state index in [0.717, 1.165) is 11.1 Å². The lowest BCUT2D eigenvalue weighted by atomic mass is 9.92. The van der Waals surface area contributed by atoms with E-state index in [0.29, 0.717) is 21.3 Å². The van der Waals surface area contributed by atoms with Gasteiger partial charge in [0, 0.05) is 21.3 Å². The molecule has 96 valence electrons. The summed E-state index contributed by atoms with van der Waals surface area (Å²) in [5.74, 6) is -0.499. The summed E-state index contributed by atoms with van der Waals surface area (Å²) in [5.41, 5.74) is 8.76. The Balaban J connectivity index is 2.55. The second kappa shape index (κ2) is 5.52. The van der Waals surface area contributed by atoms with Crippen LogP contribution in [0.1, 0.15) is 22.6 Å². The molecule has 0 amide bonds. The van der Waals surface area contributed by atoms with E-state index < -0.39 is 5.92 Å². The number of nitrogens with two attached hydrogens (primary N) is 1. The summed E-state index contributed by atoms with van der Waals surface area (Å²) in [7, 11) is 0. The van der Waals surface area contributed by atoms with Crippen LogP contribution < -0.4 is 5.73 Å². The van der Waals surface area contributed by atoms with Crippen molar-refractivity contribution in [2.24, 2.45) is 0 Å². The van der Waals surface area contributed by atoms with Gasteiger partial charge in [-0.3, -0.25) is 0 Å². The highest BCUT2D eigenvalue weighted by atomic mass is 35.5. The zero-order chi connectivity index (χ0) is 14.0. The van der Waals surface area contributed by atoms with Gasteiger partial charge < -0.3 is 5.73 Å². The number of hydrogen-bond acceptors (Lipinski definition) is 2. The molecule has 2 rings (SSSR count). The first-order chi connectivity index (χ1) is 9.02. The second-order valence-electron chi connectivity index (χ2n) is 4.37. The molecule has 0 saturated carbocycles. The molecule has 0 radical (unpaired) electrons. The maximum atomic E-state index is 9.42. The van der Waals surface area contributed by atoms with Gasteiger partial charge >= 0.3 is 0 Å². The first-order valence-corrected chi connectivity index (χ1v) is 6.49. The van der Waals surface area contributed by atoms with Crippen molar-refractivity contribution >= 4 is 28.9 Å². The molecule has 2 aromatic carbocycles. The van der Waals surface area contributed by atoms with E-state index in [9.17, 15) is 5.26 Å². The van der Waals surface area contributed by atoms with E-state index in [1.165, 1.54) is 0 Å². The molecule has 4 heteroatoms. The largest absolute Gasteiger partial charge is 0.399 e. The van der Waals surface area contributed by atoms with Crippen LogP contribution >= 0.6 is 23.2 Å². The molecule has 0 spiro atoms. The average molecular weight is 291 g/mol. The molecule has 1 atom stereocenters. The molecular weight excluding hydrogens is 279 g/mol. The van der Waals surface area contributed by atoms with Crippen molar-refractivity contribution in [2.75, 3.05) is 5.73 Å². The summed E-state index contributed by atoms with van der Waals surface area (Å²) in [4.78, 5) is 0. The SMILES string of the molecule is Cc1ccc(C(C#N)c2c(Cl)cc(N)cc2Cl)cc1. The third kappa shape index (κ3) is 2.84. The third-order valence-electron chi connectivity index (χ3n) is 2.93. The van der Waals surface area contributed by atoms with E-state index in [2.05, 4.69) is 6.07 Å². The van der Waals surface area contributed by atoms with Crippen molar-refractivity contribution in [1.29, 1.82) is 5.26 Å². The van der Waals surface area contributed by atoms with Crippen LogP contribution in [0.3, 0.4) is 0 Å². The van der Waals surface area contributed by atoms with Crippen molar-refractivity contribution in [3.05, 3.63) is 63.1 Å². The van der Waals surface area contributed by atoms with Crippen LogP contribution in [0.5, 0.6) is 0 Å². The average Bonchev–Trinajstić information content (AvgIpc) is 2.35. The summed E-state index contributed by atoms with van der Waals surface area (Å²) in [6, 6.07) is 13.2. The Hall–Kier alpha value is -1.69. The second-order valence-corrected chi connectivity index (χ2v) is 5.19. The maximum Gasteiger partial charge on any atom is 0.0991 e. The van der Waals surface area contributed by atoms with Crippen molar-refractivity contribution in [3.8, 4) is 6.07 Å². The van der Waals surface area contributed by atoms with Gasteiger partial charge in [-0.1, -0.05) is 53.0 Å². The minimum absolute atomic E-state index is 0.414. The molecule has 1 unspecified atom stereocenters. The van der Waals surface area contributed by atoms with E-state index in [4.69, 9.17) is 28.9 Å². The van der Waals surface area contributed by atoms with Gasteiger partial charge in [0.2, 0.25) is 0 Å². The van der Waals surface area contributed by atoms with Crippen LogP contribution in [0.15, 0.2) is 36.4 Å². The lowest BCUT2D eigenvalue weighted by Crippen LogP contribution is -2.01. The topological polar surface area (TPSA) is 49.8 Å². The predicted molar refractivity (Wildman–Crippen MR) is 79.5 cm³/mol. The minimum atomic E-state index is -0.499. The smallest absolute Gasteiger partial charge is 0.0991 e. The first kappa shape index (κ1) is 13.7. The zero-order valence-corrected chi connectivity index (χ0v) is 11.8. The molecule has 0 bridgehead atoms. The first-order valence-electron chi connectivity index (χ1n) is 5.73. The highest BCUT2D eigenvalue weighted by Crippen LogP contribution is 2.37. The number of nitrogens with zero attached hydrogens (tertiary/aromatic N) is 1. The highest BCUT2D eigenvalue weighted by molar-refractivity contribution is 6.36. The fourth-order valence-electron chi connectivity index (χ4n) is 1.94. The Kier molecular flexibility index (Phi) is 3.99. The molecule has 0 fully saturated rings. The molecule has 0 heterocycles. The van der Waals surface area contributed by atoms with Crippen LogP contribution in [-0.2, 0) is 0 Å². The van der Waals surface area contributed by atoms with Crippen LogP contribution in [0, 0.1) is 18.3 Å². The highest BCUT2D eigenvalue weighted by Gasteiger charge is 2.20. The van der Waals surface area contributed by atoms with Gasteiger partial charge in [0.15, 0.2) is 0 Å². The van der Waals surface area contributed by atoms with Crippen LogP contribution in [-0.4, -0.2) is 0 Å². The van der Waals surface area contributed by atoms with Crippen molar-refractivity contribution in [3.63, 3.8) is 0 Å². The van der Waals surface area contributed by atoms with Crippen molar-refractivity contribution in [2.45, 2.75) is 12.8 Å². The van der Waals surface area contributed by atoms with Gasteiger partial charge in [0.25, 0.3) is 0 Å². The van der Waals surface area contributed by atoms with E-state index in [1.54, 1.807) is 12.1 Å². The molecule has 0 aliphatic rings. The fraction of sp³-hybridized carbons (Fsp3) is 0.133. The van der Waals surface area contributed by atoms with Gasteiger partial charge in [0.1, 0.15) is 0 Å². The fourth-order valence-corrected chi connectivity index (χ4v) is 2.67. The number of hydrogen-bond donors (Lipinski definition) is 1. The number of anilines is 1. The van der Waals surface area contributed by atoms with Crippen molar-refractivity contribution in [1.82, 2.24) is 0 Å². The molecule has 2 nitrogen and oxygen atoms in total. The van der Waals surface area contributed by atoms with E-state index >= 15 is 0 Å². The molecule has 2 aromatic rings. The Bertz CT molecular complexity index is 619. The lowest BCUT2D eigenvalue weighted by Gasteiger charge is -2.14. The number of nitrogen functional groups attached to an aromatic ring is 1. The van der Waals surface area contributed by atoms with Gasteiger partial charge in [-0.05, 0) is 24.6 Å². The number of benzene rings is 2. The molecular formula is C15H12Cl2N2. The standard InChI is InChI=1S/C15H12Cl2N2/c1-9-2-4-10(5-3-9)12(8-18)15-13(16)6-11(19)7-14(15)17/h2-7,12H,19H2,1H3. The van der Waals surface area contributed by atoms with Crippen LogP contribution in [0.25, 0.3) is 0 Å². The Labute approximate surface area is 122 Å². The predicted octanol–water partition coefficient (Wildman–Crippen LogP) is 4.54. The molecule has 0 aromatic heterocycles. The molecule has 0 aliphatic heterocycles. The number of aryl methyl sites for hydroxylation is 1. The maximum absolute atomic E-state index is 9.42. The van der Waals surface area contributed by atoms with Gasteiger partial charge in [0.05, 0.1) is 12.0 Å². The third-order valence-corrected chi connectivity index (χ3v) is 3.56. The van der Waals surface area contributed by atoms with Crippen molar-refractivity contribution < 1.29 is 0 Å². The zero-order valence-electron chi connectivity index (χ0n) is 10.3. The van der Waals surface area contributed by atoms with Gasteiger partial charge in [-0.15, -0.1) is 0 Å². The quantitative estimate of drug-likeness (QED) is 0.826. The Morgan fingerprint density at radius 3 is 2.11 bits per heavy atom. The van der Waals surface area contributed by atoms with Gasteiger partial charge in [-0.2, -0.15) is 5.26 Å². The van der Waals surface area contributed by atoms with Gasteiger partial charge in [-0.25, -0.2) is 0 Å². The molecule has 19 heavy (non-hydrogen) atoms. The summed E-state index contributed by atoms with van der Waals surface area (Å²) in [6.07, 6.45) is 0. The monoisotopic (exact) mass is 290 g/mol. The molecule has 2 N–H and O–H groups in total. The lowest BCUT2D eigenvalue weighted by molar-refractivity contribution is 1.04. The number of rotatable bonds is 2. The Morgan fingerprint density at radius 2 is 1.63 bits per heavy atom. The molecule has 0 aliphatic carbocycles. The summed E-state index contributed by atoms with van der Waals surface area (Å²) in [5, 5.41) is 10.2. The minimum Gasteiger partial charge on any atom is -0.399 e. The normalized spacial score (nSPS) is 11.9. The number of nitriles is 1. The summed E-state index contributed by atoms with van der Waals surface area (Å²) < 4.78 is 0. The van der Waals surface area contributed by atoms with E-state index in [1.807, 2.05) is 31.2 Å².